The molecule has 104 valence electrons. The van der Waals surface area contributed by atoms with E-state index in [1.165, 1.54) is 12.1 Å². The molecule has 0 aromatic heterocycles. The first-order chi connectivity index (χ1) is 9.69. The minimum absolute atomic E-state index is 0.0859. The Labute approximate surface area is 122 Å². The molecule has 0 saturated heterocycles. The van der Waals surface area contributed by atoms with E-state index in [1.54, 1.807) is 0 Å². The number of nitrogens with one attached hydrogen (secondary N) is 1. The van der Waals surface area contributed by atoms with Crippen LogP contribution in [0.3, 0.4) is 0 Å². The average molecular weight is 292 g/mol. The fraction of sp³-hybridized carbons (Fsp3) is 0.250. The summed E-state index contributed by atoms with van der Waals surface area (Å²) in [5.74, 6) is 0.157. The molecule has 0 radical (unpaired) electrons. The first-order valence-electron chi connectivity index (χ1n) is 6.66. The lowest BCUT2D eigenvalue weighted by molar-refractivity contribution is 0.168. The highest BCUT2D eigenvalue weighted by Crippen LogP contribution is 2.43. The first-order valence-corrected chi connectivity index (χ1v) is 7.04. The smallest absolute Gasteiger partial charge is 0.162 e. The quantitative estimate of drug-likeness (QED) is 0.858. The van der Waals surface area contributed by atoms with Gasteiger partial charge in [-0.25, -0.2) is 4.39 Å². The zero-order valence-corrected chi connectivity index (χ0v) is 11.8. The van der Waals surface area contributed by atoms with Crippen LogP contribution in [-0.2, 0) is 0 Å². The van der Waals surface area contributed by atoms with Crippen LogP contribution in [0.1, 0.15) is 25.0 Å². The molecule has 2 unspecified atom stereocenters. The second-order valence-corrected chi connectivity index (χ2v) is 5.28. The van der Waals surface area contributed by atoms with Crippen LogP contribution in [0.4, 0.5) is 10.1 Å². The van der Waals surface area contributed by atoms with Gasteiger partial charge in [-0.05, 0) is 18.1 Å². The molecule has 0 bridgehead atoms. The second-order valence-electron chi connectivity index (χ2n) is 4.87. The zero-order valence-electron chi connectivity index (χ0n) is 11.1. The van der Waals surface area contributed by atoms with Gasteiger partial charge >= 0.3 is 0 Å². The number of anilines is 1. The summed E-state index contributed by atoms with van der Waals surface area (Å²) in [6.45, 7) is 2.07. The van der Waals surface area contributed by atoms with Gasteiger partial charge in [0.05, 0.1) is 16.8 Å². The Morgan fingerprint density at radius 3 is 2.70 bits per heavy atom. The van der Waals surface area contributed by atoms with Crippen LogP contribution in [0, 0.1) is 5.82 Å². The third-order valence-electron chi connectivity index (χ3n) is 3.53. The van der Waals surface area contributed by atoms with Gasteiger partial charge in [0.1, 0.15) is 11.9 Å². The van der Waals surface area contributed by atoms with Crippen molar-refractivity contribution in [2.24, 2.45) is 0 Å². The third kappa shape index (κ3) is 2.34. The molecule has 20 heavy (non-hydrogen) atoms. The van der Waals surface area contributed by atoms with Gasteiger partial charge in [-0.3, -0.25) is 0 Å². The summed E-state index contributed by atoms with van der Waals surface area (Å²) in [4.78, 5) is 0. The number of ether oxygens (including phenoxy) is 1. The lowest BCUT2D eigenvalue weighted by Gasteiger charge is -2.35. The van der Waals surface area contributed by atoms with E-state index in [-0.39, 0.29) is 18.0 Å². The molecule has 0 spiro atoms. The Balaban J connectivity index is 2.02. The fourth-order valence-corrected chi connectivity index (χ4v) is 2.78. The van der Waals surface area contributed by atoms with E-state index in [0.29, 0.717) is 16.5 Å². The molecule has 0 fully saturated rings. The molecule has 1 aliphatic heterocycles. The average Bonchev–Trinajstić information content (AvgIpc) is 2.46. The minimum atomic E-state index is -0.363. The van der Waals surface area contributed by atoms with Crippen LogP contribution in [0.2, 0.25) is 5.02 Å². The summed E-state index contributed by atoms with van der Waals surface area (Å²) in [5.41, 5.74) is 1.70. The Kier molecular flexibility index (Phi) is 3.53. The van der Waals surface area contributed by atoms with Gasteiger partial charge in [0.2, 0.25) is 0 Å². The highest BCUT2D eigenvalue weighted by Gasteiger charge is 2.31. The third-order valence-corrected chi connectivity index (χ3v) is 3.81. The van der Waals surface area contributed by atoms with Gasteiger partial charge in [-0.2, -0.15) is 0 Å². The van der Waals surface area contributed by atoms with Crippen molar-refractivity contribution in [3.63, 3.8) is 0 Å². The molecule has 4 heteroatoms. The first kappa shape index (κ1) is 13.3. The Morgan fingerprint density at radius 1 is 1.25 bits per heavy atom. The van der Waals surface area contributed by atoms with Crippen molar-refractivity contribution in [2.45, 2.75) is 25.5 Å². The Morgan fingerprint density at radius 2 is 2.00 bits per heavy atom. The zero-order chi connectivity index (χ0) is 14.1. The summed E-state index contributed by atoms with van der Waals surface area (Å²) < 4.78 is 19.5. The van der Waals surface area contributed by atoms with Gasteiger partial charge in [-0.15, -0.1) is 0 Å². The highest BCUT2D eigenvalue weighted by atomic mass is 35.5. The van der Waals surface area contributed by atoms with Crippen LogP contribution >= 0.6 is 11.6 Å². The van der Waals surface area contributed by atoms with E-state index in [9.17, 15) is 4.39 Å². The summed E-state index contributed by atoms with van der Waals surface area (Å²) in [6.07, 6.45) is 0.740. The van der Waals surface area contributed by atoms with Crippen molar-refractivity contribution in [2.75, 3.05) is 5.32 Å². The summed E-state index contributed by atoms with van der Waals surface area (Å²) in [7, 11) is 0. The van der Waals surface area contributed by atoms with Gasteiger partial charge in [0.15, 0.2) is 5.75 Å². The standard InChI is InChI=1S/C16H15ClFNO/c1-2-13-15(10-6-4-3-5-7-10)20-16-12(17)8-11(18)9-14(16)19-13/h3-9,13,15,19H,2H2,1H3. The predicted molar refractivity (Wildman–Crippen MR) is 78.9 cm³/mol. The number of benzene rings is 2. The van der Waals surface area contributed by atoms with E-state index in [0.717, 1.165) is 12.0 Å². The lowest BCUT2D eigenvalue weighted by Crippen LogP contribution is -2.34. The number of hydrogen-bond donors (Lipinski definition) is 1. The molecule has 2 atom stereocenters. The lowest BCUT2D eigenvalue weighted by atomic mass is 9.98. The van der Waals surface area contributed by atoms with Crippen LogP contribution in [-0.4, -0.2) is 6.04 Å². The van der Waals surface area contributed by atoms with Gasteiger partial charge in [0.25, 0.3) is 0 Å². The molecular formula is C16H15ClFNO. The van der Waals surface area contributed by atoms with Crippen molar-refractivity contribution in [3.8, 4) is 5.75 Å². The molecule has 1 N–H and O–H groups in total. The fourth-order valence-electron chi connectivity index (χ4n) is 2.53. The second kappa shape index (κ2) is 5.33. The van der Waals surface area contributed by atoms with Crippen LogP contribution in [0.15, 0.2) is 42.5 Å². The topological polar surface area (TPSA) is 21.3 Å². The molecule has 1 heterocycles. The largest absolute Gasteiger partial charge is 0.480 e. The van der Waals surface area contributed by atoms with Crippen molar-refractivity contribution in [3.05, 3.63) is 58.9 Å². The van der Waals surface area contributed by atoms with Gasteiger partial charge in [0, 0.05) is 6.07 Å². The van der Waals surface area contributed by atoms with E-state index < -0.39 is 0 Å². The molecule has 0 aliphatic carbocycles. The van der Waals surface area contributed by atoms with Crippen LogP contribution in [0.5, 0.6) is 5.75 Å². The Bertz CT molecular complexity index is 617. The van der Waals surface area contributed by atoms with Crippen molar-refractivity contribution in [1.29, 1.82) is 0 Å². The van der Waals surface area contributed by atoms with E-state index in [4.69, 9.17) is 16.3 Å². The molecule has 2 nitrogen and oxygen atoms in total. The highest BCUT2D eigenvalue weighted by molar-refractivity contribution is 6.32. The summed E-state index contributed by atoms with van der Waals surface area (Å²) in [5, 5.41) is 3.62. The summed E-state index contributed by atoms with van der Waals surface area (Å²) in [6, 6.07) is 12.8. The van der Waals surface area contributed by atoms with Crippen molar-refractivity contribution < 1.29 is 9.13 Å². The van der Waals surface area contributed by atoms with Crippen LogP contribution in [0.25, 0.3) is 0 Å². The van der Waals surface area contributed by atoms with Crippen LogP contribution < -0.4 is 10.1 Å². The van der Waals surface area contributed by atoms with Crippen molar-refractivity contribution in [1.82, 2.24) is 0 Å². The number of halogens is 2. The molecule has 0 saturated carbocycles. The predicted octanol–water partition coefficient (Wildman–Crippen LogP) is 4.80. The summed E-state index contributed by atoms with van der Waals surface area (Å²) >= 11 is 6.09. The van der Waals surface area contributed by atoms with Gasteiger partial charge < -0.3 is 10.1 Å². The molecule has 3 rings (SSSR count). The molecule has 2 aromatic carbocycles. The molecular weight excluding hydrogens is 277 g/mol. The maximum atomic E-state index is 13.4. The Hall–Kier alpha value is -1.74. The number of fused-ring (bicyclic) bond motifs is 1. The molecule has 1 aliphatic rings. The van der Waals surface area contributed by atoms with E-state index >= 15 is 0 Å². The monoisotopic (exact) mass is 291 g/mol. The van der Waals surface area contributed by atoms with Gasteiger partial charge in [-0.1, -0.05) is 48.9 Å². The number of hydrogen-bond acceptors (Lipinski definition) is 2. The van der Waals surface area contributed by atoms with Crippen molar-refractivity contribution >= 4 is 17.3 Å². The molecule has 0 amide bonds. The normalized spacial score (nSPS) is 20.8. The molecule has 2 aromatic rings. The SMILES string of the molecule is CCC1Nc2cc(F)cc(Cl)c2OC1c1ccccc1. The van der Waals surface area contributed by atoms with E-state index in [2.05, 4.69) is 12.2 Å². The minimum Gasteiger partial charge on any atom is -0.480 e. The number of rotatable bonds is 2. The maximum absolute atomic E-state index is 13.4. The van der Waals surface area contributed by atoms with E-state index in [1.807, 2.05) is 30.3 Å². The maximum Gasteiger partial charge on any atom is 0.162 e.